The van der Waals surface area contributed by atoms with Gasteiger partial charge in [-0.1, -0.05) is 67.2 Å². The second-order valence-electron chi connectivity index (χ2n) is 8.10. The Labute approximate surface area is 205 Å². The lowest BCUT2D eigenvalue weighted by atomic mass is 10.1. The van der Waals surface area contributed by atoms with Crippen LogP contribution in [0.15, 0.2) is 53.4 Å². The van der Waals surface area contributed by atoms with Crippen molar-refractivity contribution in [1.29, 1.82) is 0 Å². The molecule has 0 aliphatic heterocycles. The number of carbonyl (C=O) groups is 2. The summed E-state index contributed by atoms with van der Waals surface area (Å²) in [5, 5.41) is 4.08. The molecule has 0 spiro atoms. The van der Waals surface area contributed by atoms with E-state index in [1.807, 2.05) is 43.3 Å². The third kappa shape index (κ3) is 7.16. The van der Waals surface area contributed by atoms with Crippen molar-refractivity contribution in [3.8, 4) is 0 Å². The van der Waals surface area contributed by atoms with Gasteiger partial charge in [0.2, 0.25) is 11.8 Å². The summed E-state index contributed by atoms with van der Waals surface area (Å²) in [4.78, 5) is 29.3. The fourth-order valence-corrected chi connectivity index (χ4v) is 5.22. The van der Waals surface area contributed by atoms with E-state index in [2.05, 4.69) is 5.32 Å². The highest BCUT2D eigenvalue weighted by molar-refractivity contribution is 7.99. The molecule has 0 radical (unpaired) electrons. The number of carbonyl (C=O) groups excluding carboxylic acids is 2. The smallest absolute Gasteiger partial charge is 0.243 e. The van der Waals surface area contributed by atoms with Gasteiger partial charge in [-0.05, 0) is 49.1 Å². The molecule has 1 fully saturated rings. The van der Waals surface area contributed by atoms with Gasteiger partial charge in [-0.3, -0.25) is 9.59 Å². The Bertz CT molecular complexity index is 904. The van der Waals surface area contributed by atoms with Gasteiger partial charge < -0.3 is 10.2 Å². The van der Waals surface area contributed by atoms with Crippen molar-refractivity contribution in [2.24, 2.45) is 0 Å². The Morgan fingerprint density at radius 2 is 1.81 bits per heavy atom. The van der Waals surface area contributed by atoms with Crippen LogP contribution in [0.2, 0.25) is 10.0 Å². The van der Waals surface area contributed by atoms with Crippen LogP contribution in [-0.4, -0.2) is 34.6 Å². The van der Waals surface area contributed by atoms with Gasteiger partial charge in [0.05, 0.1) is 10.0 Å². The molecular formula is C25H30Cl2N2O2S. The molecule has 0 aromatic heterocycles. The molecule has 2 amide bonds. The zero-order valence-electron chi connectivity index (χ0n) is 18.4. The van der Waals surface area contributed by atoms with E-state index < -0.39 is 6.04 Å². The molecule has 2 aromatic carbocycles. The van der Waals surface area contributed by atoms with Gasteiger partial charge in [-0.15, -0.1) is 11.8 Å². The molecule has 0 heterocycles. The fraction of sp³-hybridized carbons (Fsp3) is 0.440. The summed E-state index contributed by atoms with van der Waals surface area (Å²) in [6.45, 7) is 2.27. The molecule has 1 aliphatic rings. The number of amides is 2. The number of halogens is 2. The molecule has 1 atom stereocenters. The predicted molar refractivity (Wildman–Crippen MR) is 133 cm³/mol. The van der Waals surface area contributed by atoms with E-state index in [0.717, 1.165) is 36.1 Å². The topological polar surface area (TPSA) is 49.4 Å². The first kappa shape index (κ1) is 24.9. The Balaban J connectivity index is 1.72. The summed E-state index contributed by atoms with van der Waals surface area (Å²) in [5.74, 6) is 0.554. The zero-order chi connectivity index (χ0) is 22.9. The third-order valence-electron chi connectivity index (χ3n) is 5.75. The van der Waals surface area contributed by atoms with Crippen molar-refractivity contribution in [3.63, 3.8) is 0 Å². The molecule has 2 aromatic rings. The summed E-state index contributed by atoms with van der Waals surface area (Å²) in [5.41, 5.74) is 0.857. The number of nitrogens with zero attached hydrogens (tertiary/aromatic N) is 1. The standard InChI is InChI=1S/C25H30Cl2N2O2S/c1-2-23(25(31)28-19-8-6-7-9-19)29(17-18-12-13-21(26)22(27)16-18)24(30)14-15-32-20-10-4-3-5-11-20/h3-5,10-13,16,19,23H,2,6-9,14-15,17H2,1H3,(H,28,31)/t23-/m0/s1. The van der Waals surface area contributed by atoms with Gasteiger partial charge in [-0.25, -0.2) is 0 Å². The van der Waals surface area contributed by atoms with E-state index in [1.165, 1.54) is 0 Å². The summed E-state index contributed by atoms with van der Waals surface area (Å²) < 4.78 is 0. The van der Waals surface area contributed by atoms with Crippen molar-refractivity contribution < 1.29 is 9.59 Å². The minimum atomic E-state index is -0.515. The SMILES string of the molecule is CC[C@@H](C(=O)NC1CCCC1)N(Cc1ccc(Cl)c(Cl)c1)C(=O)CCSc1ccccc1. The van der Waals surface area contributed by atoms with E-state index in [0.29, 0.717) is 35.2 Å². The highest BCUT2D eigenvalue weighted by Gasteiger charge is 2.30. The quantitative estimate of drug-likeness (QED) is 0.393. The minimum absolute atomic E-state index is 0.0343. The van der Waals surface area contributed by atoms with E-state index in [9.17, 15) is 9.59 Å². The van der Waals surface area contributed by atoms with Crippen LogP contribution in [0, 0.1) is 0 Å². The van der Waals surface area contributed by atoms with E-state index in [1.54, 1.807) is 28.8 Å². The predicted octanol–water partition coefficient (Wildman–Crippen LogP) is 6.34. The van der Waals surface area contributed by atoms with Crippen molar-refractivity contribution in [3.05, 3.63) is 64.1 Å². The highest BCUT2D eigenvalue weighted by atomic mass is 35.5. The second-order valence-corrected chi connectivity index (χ2v) is 10.1. The van der Waals surface area contributed by atoms with Crippen LogP contribution < -0.4 is 5.32 Å². The summed E-state index contributed by atoms with van der Waals surface area (Å²) in [6, 6.07) is 15.1. The van der Waals surface area contributed by atoms with Crippen molar-refractivity contribution >= 4 is 46.8 Å². The van der Waals surface area contributed by atoms with Crippen LogP contribution >= 0.6 is 35.0 Å². The molecule has 172 valence electrons. The lowest BCUT2D eigenvalue weighted by Gasteiger charge is -2.31. The summed E-state index contributed by atoms with van der Waals surface area (Å²) in [7, 11) is 0. The van der Waals surface area contributed by atoms with Crippen LogP contribution in [0.4, 0.5) is 0 Å². The summed E-state index contributed by atoms with van der Waals surface area (Å²) >= 11 is 13.9. The van der Waals surface area contributed by atoms with E-state index in [4.69, 9.17) is 23.2 Å². The van der Waals surface area contributed by atoms with Gasteiger partial charge in [0.1, 0.15) is 6.04 Å². The molecule has 1 saturated carbocycles. The van der Waals surface area contributed by atoms with E-state index in [-0.39, 0.29) is 17.9 Å². The lowest BCUT2D eigenvalue weighted by Crippen LogP contribution is -2.51. The molecule has 0 bridgehead atoms. The molecule has 0 saturated heterocycles. The van der Waals surface area contributed by atoms with Gasteiger partial charge in [-0.2, -0.15) is 0 Å². The molecule has 3 rings (SSSR count). The number of thioether (sulfide) groups is 1. The maximum atomic E-state index is 13.3. The monoisotopic (exact) mass is 492 g/mol. The maximum absolute atomic E-state index is 13.3. The van der Waals surface area contributed by atoms with E-state index >= 15 is 0 Å². The van der Waals surface area contributed by atoms with Gasteiger partial charge in [0.15, 0.2) is 0 Å². The van der Waals surface area contributed by atoms with Crippen LogP contribution in [0.3, 0.4) is 0 Å². The Hall–Kier alpha value is -1.69. The van der Waals surface area contributed by atoms with Gasteiger partial charge in [0, 0.05) is 29.7 Å². The minimum Gasteiger partial charge on any atom is -0.352 e. The second kappa shape index (κ2) is 12.5. The van der Waals surface area contributed by atoms with Crippen molar-refractivity contribution in [2.75, 3.05) is 5.75 Å². The molecule has 1 N–H and O–H groups in total. The first-order chi connectivity index (χ1) is 15.5. The molecule has 32 heavy (non-hydrogen) atoms. The fourth-order valence-electron chi connectivity index (χ4n) is 4.04. The maximum Gasteiger partial charge on any atom is 0.243 e. The number of hydrogen-bond acceptors (Lipinski definition) is 3. The Kier molecular flexibility index (Phi) is 9.76. The average molecular weight is 494 g/mol. The highest BCUT2D eigenvalue weighted by Crippen LogP contribution is 2.25. The number of nitrogens with one attached hydrogen (secondary N) is 1. The molecule has 7 heteroatoms. The third-order valence-corrected chi connectivity index (χ3v) is 7.51. The number of rotatable bonds is 10. The number of benzene rings is 2. The first-order valence-electron chi connectivity index (χ1n) is 11.2. The molecule has 4 nitrogen and oxygen atoms in total. The van der Waals surface area contributed by atoms with Crippen LogP contribution in [0.25, 0.3) is 0 Å². The first-order valence-corrected chi connectivity index (χ1v) is 12.9. The normalized spacial score (nSPS) is 14.8. The van der Waals surface area contributed by atoms with Crippen molar-refractivity contribution in [1.82, 2.24) is 10.2 Å². The molecule has 1 aliphatic carbocycles. The van der Waals surface area contributed by atoms with Gasteiger partial charge >= 0.3 is 0 Å². The molecule has 0 unspecified atom stereocenters. The van der Waals surface area contributed by atoms with Crippen molar-refractivity contribution in [2.45, 2.75) is 69.0 Å². The number of hydrogen-bond donors (Lipinski definition) is 1. The largest absolute Gasteiger partial charge is 0.352 e. The average Bonchev–Trinajstić information content (AvgIpc) is 3.29. The lowest BCUT2D eigenvalue weighted by molar-refractivity contribution is -0.141. The van der Waals surface area contributed by atoms with Crippen LogP contribution in [0.1, 0.15) is 51.0 Å². The van der Waals surface area contributed by atoms with Gasteiger partial charge in [0.25, 0.3) is 0 Å². The Morgan fingerprint density at radius 3 is 2.47 bits per heavy atom. The molecular weight excluding hydrogens is 463 g/mol. The van der Waals surface area contributed by atoms with Crippen LogP contribution in [0.5, 0.6) is 0 Å². The Morgan fingerprint density at radius 1 is 1.09 bits per heavy atom. The zero-order valence-corrected chi connectivity index (χ0v) is 20.7. The summed E-state index contributed by atoms with van der Waals surface area (Å²) in [6.07, 6.45) is 5.22. The van der Waals surface area contributed by atoms with Crippen LogP contribution in [-0.2, 0) is 16.1 Å².